The molecule has 1 aromatic heterocycles. The number of aliphatic carboxylic acids is 1. The highest BCUT2D eigenvalue weighted by atomic mass is 16.4. The Kier molecular flexibility index (Phi) is 3.99. The Labute approximate surface area is 115 Å². The van der Waals surface area contributed by atoms with Crippen molar-refractivity contribution in [3.05, 3.63) is 42.2 Å². The first-order valence-corrected chi connectivity index (χ1v) is 5.92. The SMILES string of the molecule is CNc1ccccc1C(=O)Nc1cnn(CC(=O)O)c1. The maximum absolute atomic E-state index is 12.1. The molecular formula is C13H14N4O3. The summed E-state index contributed by atoms with van der Waals surface area (Å²) >= 11 is 0. The molecule has 0 radical (unpaired) electrons. The number of hydrogen-bond donors (Lipinski definition) is 3. The number of benzene rings is 1. The zero-order valence-corrected chi connectivity index (χ0v) is 10.8. The lowest BCUT2D eigenvalue weighted by molar-refractivity contribution is -0.137. The average molecular weight is 274 g/mol. The highest BCUT2D eigenvalue weighted by molar-refractivity contribution is 6.07. The van der Waals surface area contributed by atoms with Crippen LogP contribution in [0.15, 0.2) is 36.7 Å². The van der Waals surface area contributed by atoms with E-state index < -0.39 is 5.97 Å². The molecule has 0 saturated heterocycles. The van der Waals surface area contributed by atoms with Crippen LogP contribution in [-0.4, -0.2) is 33.8 Å². The molecule has 7 heteroatoms. The molecule has 20 heavy (non-hydrogen) atoms. The Morgan fingerprint density at radius 3 is 2.80 bits per heavy atom. The molecule has 0 saturated carbocycles. The number of carbonyl (C=O) groups excluding carboxylic acids is 1. The van der Waals surface area contributed by atoms with E-state index in [1.165, 1.54) is 17.1 Å². The lowest BCUT2D eigenvalue weighted by Crippen LogP contribution is -2.13. The van der Waals surface area contributed by atoms with Crippen LogP contribution in [0.1, 0.15) is 10.4 Å². The number of amides is 1. The van der Waals surface area contributed by atoms with Crippen LogP contribution in [0.25, 0.3) is 0 Å². The van der Waals surface area contributed by atoms with Crippen LogP contribution >= 0.6 is 0 Å². The number of nitrogens with one attached hydrogen (secondary N) is 2. The Morgan fingerprint density at radius 1 is 1.35 bits per heavy atom. The summed E-state index contributed by atoms with van der Waals surface area (Å²) in [5.41, 5.74) is 1.66. The number of carboxylic acids is 1. The summed E-state index contributed by atoms with van der Waals surface area (Å²) in [6.07, 6.45) is 2.87. The maximum Gasteiger partial charge on any atom is 0.325 e. The van der Waals surface area contributed by atoms with Gasteiger partial charge in [0.15, 0.2) is 0 Å². The molecule has 0 atom stereocenters. The van der Waals surface area contributed by atoms with Crippen molar-refractivity contribution in [2.75, 3.05) is 17.7 Å². The van der Waals surface area contributed by atoms with Crippen molar-refractivity contribution in [2.24, 2.45) is 0 Å². The first-order chi connectivity index (χ1) is 9.60. The topological polar surface area (TPSA) is 96.3 Å². The summed E-state index contributed by atoms with van der Waals surface area (Å²) in [6, 6.07) is 7.09. The van der Waals surface area contributed by atoms with Gasteiger partial charge in [-0.15, -0.1) is 0 Å². The van der Waals surface area contributed by atoms with Gasteiger partial charge in [0.25, 0.3) is 5.91 Å². The highest BCUT2D eigenvalue weighted by Gasteiger charge is 2.11. The summed E-state index contributed by atoms with van der Waals surface area (Å²) in [5, 5.41) is 18.1. The number of anilines is 2. The molecule has 2 rings (SSSR count). The number of para-hydroxylation sites is 1. The van der Waals surface area contributed by atoms with Gasteiger partial charge in [-0.25, -0.2) is 0 Å². The second-order valence-corrected chi connectivity index (χ2v) is 4.07. The fourth-order valence-corrected chi connectivity index (χ4v) is 1.75. The lowest BCUT2D eigenvalue weighted by Gasteiger charge is -2.08. The van der Waals surface area contributed by atoms with Gasteiger partial charge >= 0.3 is 5.97 Å². The number of hydrogen-bond acceptors (Lipinski definition) is 4. The number of carboxylic acid groups (broad SMARTS) is 1. The summed E-state index contributed by atoms with van der Waals surface area (Å²) in [5.74, 6) is -1.28. The van der Waals surface area contributed by atoms with Crippen LogP contribution in [0, 0.1) is 0 Å². The van der Waals surface area contributed by atoms with Crippen molar-refractivity contribution in [2.45, 2.75) is 6.54 Å². The van der Waals surface area contributed by atoms with Crippen LogP contribution in [0.3, 0.4) is 0 Å². The number of rotatable bonds is 5. The largest absolute Gasteiger partial charge is 0.480 e. The third-order valence-corrected chi connectivity index (χ3v) is 2.63. The third-order valence-electron chi connectivity index (χ3n) is 2.63. The standard InChI is InChI=1S/C13H14N4O3/c1-14-11-5-3-2-4-10(11)13(20)16-9-6-15-17(7-9)8-12(18)19/h2-7,14H,8H2,1H3,(H,16,20)(H,18,19). The average Bonchev–Trinajstić information content (AvgIpc) is 2.85. The molecular weight excluding hydrogens is 260 g/mol. The van der Waals surface area contributed by atoms with Gasteiger partial charge in [0.2, 0.25) is 0 Å². The first-order valence-electron chi connectivity index (χ1n) is 5.92. The van der Waals surface area contributed by atoms with Gasteiger partial charge in [-0.3, -0.25) is 14.3 Å². The van der Waals surface area contributed by atoms with Crippen LogP contribution in [0.4, 0.5) is 11.4 Å². The lowest BCUT2D eigenvalue weighted by atomic mass is 10.1. The zero-order valence-electron chi connectivity index (χ0n) is 10.8. The smallest absolute Gasteiger partial charge is 0.325 e. The second kappa shape index (κ2) is 5.87. The van der Waals surface area contributed by atoms with E-state index >= 15 is 0 Å². The van der Waals surface area contributed by atoms with Crippen molar-refractivity contribution < 1.29 is 14.7 Å². The molecule has 1 heterocycles. The summed E-state index contributed by atoms with van der Waals surface area (Å²) < 4.78 is 1.24. The Balaban J connectivity index is 2.11. The van der Waals surface area contributed by atoms with E-state index in [0.717, 1.165) is 0 Å². The fraction of sp³-hybridized carbons (Fsp3) is 0.154. The predicted octanol–water partition coefficient (Wildman–Crippen LogP) is 1.26. The Bertz CT molecular complexity index is 636. The van der Waals surface area contributed by atoms with E-state index in [4.69, 9.17) is 5.11 Å². The molecule has 0 aliphatic rings. The van der Waals surface area contributed by atoms with Crippen LogP contribution < -0.4 is 10.6 Å². The van der Waals surface area contributed by atoms with Crippen LogP contribution in [0.2, 0.25) is 0 Å². The van der Waals surface area contributed by atoms with E-state index in [-0.39, 0.29) is 12.5 Å². The van der Waals surface area contributed by atoms with E-state index in [1.54, 1.807) is 25.2 Å². The maximum atomic E-state index is 12.1. The normalized spacial score (nSPS) is 10.1. The predicted molar refractivity (Wildman–Crippen MR) is 73.8 cm³/mol. The van der Waals surface area contributed by atoms with Gasteiger partial charge in [-0.05, 0) is 12.1 Å². The number of nitrogens with zero attached hydrogens (tertiary/aromatic N) is 2. The first kappa shape index (κ1) is 13.6. The summed E-state index contributed by atoms with van der Waals surface area (Å²) in [7, 11) is 1.73. The molecule has 3 N–H and O–H groups in total. The van der Waals surface area contributed by atoms with E-state index in [2.05, 4.69) is 15.7 Å². The highest BCUT2D eigenvalue weighted by Crippen LogP contribution is 2.16. The van der Waals surface area contributed by atoms with E-state index in [0.29, 0.717) is 16.9 Å². The quantitative estimate of drug-likeness (QED) is 0.762. The van der Waals surface area contributed by atoms with Crippen molar-refractivity contribution in [3.8, 4) is 0 Å². The molecule has 0 aliphatic carbocycles. The summed E-state index contributed by atoms with van der Waals surface area (Å²) in [6.45, 7) is -0.247. The minimum atomic E-state index is -0.994. The molecule has 104 valence electrons. The molecule has 2 aromatic rings. The zero-order chi connectivity index (χ0) is 14.5. The monoisotopic (exact) mass is 274 g/mol. The molecule has 0 spiro atoms. The molecule has 7 nitrogen and oxygen atoms in total. The molecule has 0 bridgehead atoms. The van der Waals surface area contributed by atoms with Gasteiger partial charge in [0, 0.05) is 18.9 Å². The number of aromatic nitrogens is 2. The van der Waals surface area contributed by atoms with Gasteiger partial charge in [-0.2, -0.15) is 5.10 Å². The van der Waals surface area contributed by atoms with Crippen LogP contribution in [-0.2, 0) is 11.3 Å². The Hall–Kier alpha value is -2.83. The molecule has 0 fully saturated rings. The van der Waals surface area contributed by atoms with Gasteiger partial charge in [0.1, 0.15) is 6.54 Å². The minimum Gasteiger partial charge on any atom is -0.480 e. The van der Waals surface area contributed by atoms with Crippen molar-refractivity contribution in [1.29, 1.82) is 0 Å². The van der Waals surface area contributed by atoms with Crippen molar-refractivity contribution in [3.63, 3.8) is 0 Å². The minimum absolute atomic E-state index is 0.247. The summed E-state index contributed by atoms with van der Waals surface area (Å²) in [4.78, 5) is 22.7. The van der Waals surface area contributed by atoms with Gasteiger partial charge in [0.05, 0.1) is 17.4 Å². The van der Waals surface area contributed by atoms with Crippen molar-refractivity contribution >= 4 is 23.3 Å². The number of carbonyl (C=O) groups is 2. The third kappa shape index (κ3) is 3.14. The second-order valence-electron chi connectivity index (χ2n) is 4.07. The molecule has 1 aromatic carbocycles. The fourth-order valence-electron chi connectivity index (χ4n) is 1.75. The Morgan fingerprint density at radius 2 is 2.10 bits per heavy atom. The molecule has 0 unspecified atom stereocenters. The van der Waals surface area contributed by atoms with Crippen molar-refractivity contribution in [1.82, 2.24) is 9.78 Å². The molecule has 1 amide bonds. The van der Waals surface area contributed by atoms with E-state index in [1.807, 2.05) is 6.07 Å². The molecule has 0 aliphatic heterocycles. The van der Waals surface area contributed by atoms with E-state index in [9.17, 15) is 9.59 Å². The van der Waals surface area contributed by atoms with Crippen LogP contribution in [0.5, 0.6) is 0 Å². The van der Waals surface area contributed by atoms with Gasteiger partial charge < -0.3 is 15.7 Å². The van der Waals surface area contributed by atoms with Gasteiger partial charge in [-0.1, -0.05) is 12.1 Å².